The first-order valence-electron chi connectivity index (χ1n) is 6.42. The maximum absolute atomic E-state index is 13.8. The lowest BCUT2D eigenvalue weighted by Gasteiger charge is -2.06. The standard InChI is InChI=1S/C16H13BrFN3/c1-9-3-2-4-10(7-9)14-15(20-21-16(14)19)11-5-6-12(17)13(18)8-11/h2-8H,1H3,(H3,19,20,21). The van der Waals surface area contributed by atoms with E-state index in [1.165, 1.54) is 6.07 Å². The van der Waals surface area contributed by atoms with Crippen molar-refractivity contribution in [2.24, 2.45) is 0 Å². The number of nitrogen functional groups attached to an aromatic ring is 1. The summed E-state index contributed by atoms with van der Waals surface area (Å²) >= 11 is 3.15. The number of nitrogens with two attached hydrogens (primary N) is 1. The van der Waals surface area contributed by atoms with Gasteiger partial charge < -0.3 is 5.73 Å². The molecule has 0 saturated heterocycles. The van der Waals surface area contributed by atoms with Crippen LogP contribution in [0, 0.1) is 12.7 Å². The SMILES string of the molecule is Cc1cccc(-c2c(N)n[nH]c2-c2ccc(Br)c(F)c2)c1. The average molecular weight is 346 g/mol. The summed E-state index contributed by atoms with van der Waals surface area (Å²) in [5.41, 5.74) is 10.3. The molecule has 1 aromatic heterocycles. The number of aryl methyl sites for hydroxylation is 1. The molecule has 3 nitrogen and oxygen atoms in total. The number of nitrogens with zero attached hydrogens (tertiary/aromatic N) is 1. The molecule has 0 saturated carbocycles. The van der Waals surface area contributed by atoms with Gasteiger partial charge in [0.2, 0.25) is 0 Å². The van der Waals surface area contributed by atoms with Crippen molar-refractivity contribution >= 4 is 21.7 Å². The fourth-order valence-electron chi connectivity index (χ4n) is 2.31. The molecule has 0 aliphatic carbocycles. The number of halogens is 2. The molecule has 0 aliphatic rings. The summed E-state index contributed by atoms with van der Waals surface area (Å²) in [7, 11) is 0. The Hall–Kier alpha value is -2.14. The summed E-state index contributed by atoms with van der Waals surface area (Å²) in [5, 5.41) is 6.97. The number of H-pyrrole nitrogens is 1. The van der Waals surface area contributed by atoms with E-state index < -0.39 is 0 Å². The Morgan fingerprint density at radius 3 is 2.67 bits per heavy atom. The molecule has 2 aromatic carbocycles. The van der Waals surface area contributed by atoms with Gasteiger partial charge in [0, 0.05) is 5.56 Å². The van der Waals surface area contributed by atoms with E-state index >= 15 is 0 Å². The molecule has 0 amide bonds. The van der Waals surface area contributed by atoms with Crippen molar-refractivity contribution in [3.63, 3.8) is 0 Å². The lowest BCUT2D eigenvalue weighted by Crippen LogP contribution is -1.90. The Morgan fingerprint density at radius 2 is 1.95 bits per heavy atom. The number of aromatic amines is 1. The fraction of sp³-hybridized carbons (Fsp3) is 0.0625. The third-order valence-electron chi connectivity index (χ3n) is 3.31. The average Bonchev–Trinajstić information content (AvgIpc) is 2.84. The van der Waals surface area contributed by atoms with Crippen molar-refractivity contribution in [3.05, 3.63) is 58.3 Å². The van der Waals surface area contributed by atoms with E-state index in [0.717, 1.165) is 16.7 Å². The summed E-state index contributed by atoms with van der Waals surface area (Å²) in [5.74, 6) is 0.0785. The summed E-state index contributed by atoms with van der Waals surface area (Å²) < 4.78 is 14.2. The van der Waals surface area contributed by atoms with Gasteiger partial charge in [-0.2, -0.15) is 5.10 Å². The number of aromatic nitrogens is 2. The summed E-state index contributed by atoms with van der Waals surface area (Å²) in [6, 6.07) is 12.9. The van der Waals surface area contributed by atoms with Gasteiger partial charge in [-0.1, -0.05) is 35.9 Å². The second kappa shape index (κ2) is 5.33. The van der Waals surface area contributed by atoms with Crippen LogP contribution in [0.5, 0.6) is 0 Å². The smallest absolute Gasteiger partial charge is 0.153 e. The zero-order chi connectivity index (χ0) is 15.0. The summed E-state index contributed by atoms with van der Waals surface area (Å²) in [4.78, 5) is 0. The molecule has 1 heterocycles. The topological polar surface area (TPSA) is 54.7 Å². The van der Waals surface area contributed by atoms with E-state index in [2.05, 4.69) is 26.1 Å². The van der Waals surface area contributed by atoms with Gasteiger partial charge in [-0.15, -0.1) is 0 Å². The number of benzene rings is 2. The molecule has 3 rings (SSSR count). The van der Waals surface area contributed by atoms with Crippen LogP contribution in [0.15, 0.2) is 46.9 Å². The van der Waals surface area contributed by atoms with Gasteiger partial charge in [0.1, 0.15) is 5.82 Å². The monoisotopic (exact) mass is 345 g/mol. The molecule has 3 aromatic rings. The molecule has 21 heavy (non-hydrogen) atoms. The summed E-state index contributed by atoms with van der Waals surface area (Å²) in [6.45, 7) is 2.01. The number of anilines is 1. The molecule has 5 heteroatoms. The Morgan fingerprint density at radius 1 is 1.14 bits per heavy atom. The van der Waals surface area contributed by atoms with E-state index in [4.69, 9.17) is 5.73 Å². The first-order valence-corrected chi connectivity index (χ1v) is 7.22. The van der Waals surface area contributed by atoms with Crippen LogP contribution in [-0.4, -0.2) is 10.2 Å². The zero-order valence-electron chi connectivity index (χ0n) is 11.3. The molecular formula is C16H13BrFN3. The van der Waals surface area contributed by atoms with Crippen LogP contribution in [0.3, 0.4) is 0 Å². The van der Waals surface area contributed by atoms with Crippen molar-refractivity contribution in [3.8, 4) is 22.4 Å². The highest BCUT2D eigenvalue weighted by Gasteiger charge is 2.15. The van der Waals surface area contributed by atoms with Gasteiger partial charge in [0.05, 0.1) is 15.7 Å². The maximum Gasteiger partial charge on any atom is 0.153 e. The highest BCUT2D eigenvalue weighted by molar-refractivity contribution is 9.10. The number of nitrogens with one attached hydrogen (secondary N) is 1. The van der Waals surface area contributed by atoms with E-state index in [-0.39, 0.29) is 5.82 Å². The lowest BCUT2D eigenvalue weighted by molar-refractivity contribution is 0.621. The first-order chi connectivity index (χ1) is 10.1. The Kier molecular flexibility index (Phi) is 3.51. The lowest BCUT2D eigenvalue weighted by atomic mass is 9.99. The number of hydrogen-bond acceptors (Lipinski definition) is 2. The van der Waals surface area contributed by atoms with Crippen LogP contribution >= 0.6 is 15.9 Å². The van der Waals surface area contributed by atoms with E-state index in [1.54, 1.807) is 6.07 Å². The van der Waals surface area contributed by atoms with Crippen LogP contribution < -0.4 is 5.73 Å². The molecule has 0 spiro atoms. The van der Waals surface area contributed by atoms with Gasteiger partial charge in [0.15, 0.2) is 5.82 Å². The Labute approximate surface area is 130 Å². The third kappa shape index (κ3) is 2.56. The molecule has 3 N–H and O–H groups in total. The van der Waals surface area contributed by atoms with Gasteiger partial charge in [-0.05, 0) is 40.5 Å². The van der Waals surface area contributed by atoms with Crippen molar-refractivity contribution in [2.45, 2.75) is 6.92 Å². The van der Waals surface area contributed by atoms with E-state index in [0.29, 0.717) is 21.5 Å². The fourth-order valence-corrected chi connectivity index (χ4v) is 2.56. The highest BCUT2D eigenvalue weighted by Crippen LogP contribution is 2.35. The largest absolute Gasteiger partial charge is 0.382 e. The molecule has 0 atom stereocenters. The van der Waals surface area contributed by atoms with E-state index in [9.17, 15) is 4.39 Å². The zero-order valence-corrected chi connectivity index (χ0v) is 12.9. The quantitative estimate of drug-likeness (QED) is 0.716. The second-order valence-electron chi connectivity index (χ2n) is 4.86. The number of hydrogen-bond donors (Lipinski definition) is 2. The molecule has 0 unspecified atom stereocenters. The molecule has 0 radical (unpaired) electrons. The Bertz CT molecular complexity index is 811. The van der Waals surface area contributed by atoms with Gasteiger partial charge >= 0.3 is 0 Å². The molecule has 0 fully saturated rings. The van der Waals surface area contributed by atoms with Crippen LogP contribution in [0.1, 0.15) is 5.56 Å². The van der Waals surface area contributed by atoms with Crippen LogP contribution in [0.4, 0.5) is 10.2 Å². The van der Waals surface area contributed by atoms with Crippen LogP contribution in [0.2, 0.25) is 0 Å². The molecule has 0 bridgehead atoms. The predicted molar refractivity (Wildman–Crippen MR) is 86.3 cm³/mol. The maximum atomic E-state index is 13.8. The first kappa shape index (κ1) is 13.8. The molecule has 0 aliphatic heterocycles. The second-order valence-corrected chi connectivity index (χ2v) is 5.71. The van der Waals surface area contributed by atoms with Crippen molar-refractivity contribution in [1.82, 2.24) is 10.2 Å². The van der Waals surface area contributed by atoms with Crippen molar-refractivity contribution < 1.29 is 4.39 Å². The highest BCUT2D eigenvalue weighted by atomic mass is 79.9. The number of rotatable bonds is 2. The Balaban J connectivity index is 2.19. The van der Waals surface area contributed by atoms with Gasteiger partial charge in [-0.3, -0.25) is 5.10 Å². The van der Waals surface area contributed by atoms with Crippen LogP contribution in [-0.2, 0) is 0 Å². The van der Waals surface area contributed by atoms with Gasteiger partial charge in [-0.25, -0.2) is 4.39 Å². The molecular weight excluding hydrogens is 333 g/mol. The van der Waals surface area contributed by atoms with Gasteiger partial charge in [0.25, 0.3) is 0 Å². The third-order valence-corrected chi connectivity index (χ3v) is 3.95. The van der Waals surface area contributed by atoms with E-state index in [1.807, 2.05) is 37.3 Å². The molecule has 106 valence electrons. The van der Waals surface area contributed by atoms with Crippen molar-refractivity contribution in [2.75, 3.05) is 5.73 Å². The van der Waals surface area contributed by atoms with Crippen molar-refractivity contribution in [1.29, 1.82) is 0 Å². The normalized spacial score (nSPS) is 10.8. The minimum absolute atomic E-state index is 0.323. The minimum Gasteiger partial charge on any atom is -0.382 e. The summed E-state index contributed by atoms with van der Waals surface area (Å²) in [6.07, 6.45) is 0. The predicted octanol–water partition coefficient (Wildman–Crippen LogP) is 4.54. The van der Waals surface area contributed by atoms with Crippen LogP contribution in [0.25, 0.3) is 22.4 Å². The minimum atomic E-state index is -0.323.